The maximum absolute atomic E-state index is 12.5. The predicted molar refractivity (Wildman–Crippen MR) is 132 cm³/mol. The Kier molecular flexibility index (Phi) is 6.82. The maximum atomic E-state index is 12.5. The highest BCUT2D eigenvalue weighted by atomic mass is 16.6. The van der Waals surface area contributed by atoms with Gasteiger partial charge in [0.1, 0.15) is 11.3 Å². The summed E-state index contributed by atoms with van der Waals surface area (Å²) < 4.78 is 1.94. The van der Waals surface area contributed by atoms with Crippen LogP contribution < -0.4 is 10.6 Å². The number of carbonyl (C=O) groups is 1. The van der Waals surface area contributed by atoms with Crippen molar-refractivity contribution in [3.05, 3.63) is 87.9 Å². The maximum Gasteiger partial charge on any atom is 0.323 e. The molecule has 2 heterocycles. The number of nitro benzene ring substituents is 1. The molecule has 0 unspecified atom stereocenters. The Morgan fingerprint density at radius 3 is 2.53 bits per heavy atom. The molecule has 4 aromatic rings. The standard InChI is InChI=1S/C25H26N6O3/c1-3-4-14-23-28-21-15-20(29-25(32)27-19-11-6-5-7-12-19)17(2)26-24(21)30(23)16-18-10-8-9-13-22(18)31(33)34/h5-13,15H,3-4,14,16H2,1-2H3,(H2,27,29,32). The fourth-order valence-electron chi connectivity index (χ4n) is 3.80. The van der Waals surface area contributed by atoms with E-state index in [4.69, 9.17) is 9.97 Å². The minimum Gasteiger partial charge on any atom is -0.308 e. The first kappa shape index (κ1) is 22.9. The lowest BCUT2D eigenvalue weighted by Crippen LogP contribution is -2.20. The highest BCUT2D eigenvalue weighted by Gasteiger charge is 2.19. The summed E-state index contributed by atoms with van der Waals surface area (Å²) >= 11 is 0. The van der Waals surface area contributed by atoms with Gasteiger partial charge in [-0.1, -0.05) is 49.7 Å². The van der Waals surface area contributed by atoms with Gasteiger partial charge < -0.3 is 15.2 Å². The van der Waals surface area contributed by atoms with Crippen molar-refractivity contribution >= 4 is 34.3 Å². The molecule has 0 atom stereocenters. The van der Waals surface area contributed by atoms with Crippen LogP contribution in [0, 0.1) is 17.0 Å². The van der Waals surface area contributed by atoms with Crippen LogP contribution in [0.25, 0.3) is 11.2 Å². The average Bonchev–Trinajstić information content (AvgIpc) is 3.14. The van der Waals surface area contributed by atoms with E-state index in [1.807, 2.05) is 29.7 Å². The molecule has 0 saturated heterocycles. The Morgan fingerprint density at radius 1 is 1.06 bits per heavy atom. The van der Waals surface area contributed by atoms with E-state index in [9.17, 15) is 14.9 Å². The summed E-state index contributed by atoms with van der Waals surface area (Å²) in [6.45, 7) is 4.21. The number of fused-ring (bicyclic) bond motifs is 1. The number of hydrogen-bond acceptors (Lipinski definition) is 5. The van der Waals surface area contributed by atoms with E-state index < -0.39 is 0 Å². The number of imidazole rings is 1. The number of hydrogen-bond donors (Lipinski definition) is 2. The van der Waals surface area contributed by atoms with Crippen LogP contribution in [0.3, 0.4) is 0 Å². The summed E-state index contributed by atoms with van der Waals surface area (Å²) in [5.74, 6) is 0.813. The molecule has 2 aromatic carbocycles. The van der Waals surface area contributed by atoms with Gasteiger partial charge in [0.25, 0.3) is 5.69 Å². The molecule has 4 rings (SSSR count). The van der Waals surface area contributed by atoms with Crippen LogP contribution in [-0.4, -0.2) is 25.5 Å². The van der Waals surface area contributed by atoms with Crippen LogP contribution in [0.15, 0.2) is 60.7 Å². The van der Waals surface area contributed by atoms with Crippen molar-refractivity contribution in [3.63, 3.8) is 0 Å². The first-order valence-corrected chi connectivity index (χ1v) is 11.2. The molecule has 0 radical (unpaired) electrons. The zero-order valence-corrected chi connectivity index (χ0v) is 19.1. The molecule has 0 spiro atoms. The smallest absolute Gasteiger partial charge is 0.308 e. The van der Waals surface area contributed by atoms with Crippen LogP contribution in [0.4, 0.5) is 21.9 Å². The number of para-hydroxylation sites is 2. The van der Waals surface area contributed by atoms with E-state index in [0.717, 1.165) is 25.1 Å². The summed E-state index contributed by atoms with van der Waals surface area (Å²) in [5, 5.41) is 17.2. The molecule has 0 bridgehead atoms. The number of aromatic nitrogens is 3. The number of anilines is 2. The van der Waals surface area contributed by atoms with Gasteiger partial charge in [0.15, 0.2) is 5.65 Å². The van der Waals surface area contributed by atoms with Crippen LogP contribution >= 0.6 is 0 Å². The number of nitrogens with one attached hydrogen (secondary N) is 2. The Balaban J connectivity index is 1.68. The van der Waals surface area contributed by atoms with E-state index in [0.29, 0.717) is 40.3 Å². The molecule has 34 heavy (non-hydrogen) atoms. The molecule has 2 aromatic heterocycles. The number of nitro groups is 1. The Bertz CT molecular complexity index is 1330. The molecule has 2 N–H and O–H groups in total. The number of amides is 2. The van der Waals surface area contributed by atoms with Gasteiger partial charge in [-0.15, -0.1) is 0 Å². The van der Waals surface area contributed by atoms with Gasteiger partial charge in [0.05, 0.1) is 22.8 Å². The number of carbonyl (C=O) groups excluding carboxylic acids is 1. The zero-order valence-electron chi connectivity index (χ0n) is 19.1. The minimum atomic E-state index is -0.374. The second kappa shape index (κ2) is 10.1. The van der Waals surface area contributed by atoms with Crippen molar-refractivity contribution in [1.29, 1.82) is 0 Å². The summed E-state index contributed by atoms with van der Waals surface area (Å²) in [6.07, 6.45) is 2.65. The second-order valence-electron chi connectivity index (χ2n) is 8.01. The lowest BCUT2D eigenvalue weighted by Gasteiger charge is -2.11. The van der Waals surface area contributed by atoms with E-state index >= 15 is 0 Å². The normalized spacial score (nSPS) is 10.9. The van der Waals surface area contributed by atoms with Crippen molar-refractivity contribution in [2.24, 2.45) is 0 Å². The zero-order chi connectivity index (χ0) is 24.1. The molecular formula is C25H26N6O3. The quantitative estimate of drug-likeness (QED) is 0.260. The third kappa shape index (κ3) is 5.03. The van der Waals surface area contributed by atoms with E-state index in [2.05, 4.69) is 17.6 Å². The number of pyridine rings is 1. The largest absolute Gasteiger partial charge is 0.323 e. The first-order chi connectivity index (χ1) is 16.5. The number of unbranched alkanes of at least 4 members (excludes halogenated alkanes) is 1. The molecule has 174 valence electrons. The van der Waals surface area contributed by atoms with Crippen LogP contribution in [0.5, 0.6) is 0 Å². The molecule has 9 heteroatoms. The number of nitrogens with zero attached hydrogens (tertiary/aromatic N) is 4. The third-order valence-electron chi connectivity index (χ3n) is 5.54. The Morgan fingerprint density at radius 2 is 1.79 bits per heavy atom. The lowest BCUT2D eigenvalue weighted by atomic mass is 10.1. The van der Waals surface area contributed by atoms with Gasteiger partial charge in [0, 0.05) is 23.7 Å². The summed E-state index contributed by atoms with van der Waals surface area (Å²) in [4.78, 5) is 33.1. The molecule has 0 saturated carbocycles. The van der Waals surface area contributed by atoms with E-state index in [1.54, 1.807) is 36.4 Å². The van der Waals surface area contributed by atoms with Gasteiger partial charge in [-0.05, 0) is 31.5 Å². The first-order valence-electron chi connectivity index (χ1n) is 11.2. The summed E-state index contributed by atoms with van der Waals surface area (Å²) in [7, 11) is 0. The lowest BCUT2D eigenvalue weighted by molar-refractivity contribution is -0.385. The summed E-state index contributed by atoms with van der Waals surface area (Å²) in [6, 6.07) is 17.3. The van der Waals surface area contributed by atoms with Crippen molar-refractivity contribution in [2.75, 3.05) is 10.6 Å². The predicted octanol–water partition coefficient (Wildman–Crippen LogP) is 5.68. The van der Waals surface area contributed by atoms with Crippen molar-refractivity contribution in [2.45, 2.75) is 39.7 Å². The fourth-order valence-corrected chi connectivity index (χ4v) is 3.80. The van der Waals surface area contributed by atoms with Crippen LogP contribution in [0.2, 0.25) is 0 Å². The molecule has 0 fully saturated rings. The second-order valence-corrected chi connectivity index (χ2v) is 8.01. The molecule has 2 amide bonds. The van der Waals surface area contributed by atoms with Gasteiger partial charge in [-0.25, -0.2) is 14.8 Å². The van der Waals surface area contributed by atoms with Gasteiger partial charge in [-0.2, -0.15) is 0 Å². The van der Waals surface area contributed by atoms with Gasteiger partial charge in [0.2, 0.25) is 0 Å². The van der Waals surface area contributed by atoms with Crippen molar-refractivity contribution in [3.8, 4) is 0 Å². The number of rotatable bonds is 8. The number of urea groups is 1. The third-order valence-corrected chi connectivity index (χ3v) is 5.54. The fraction of sp³-hybridized carbons (Fsp3) is 0.240. The van der Waals surface area contributed by atoms with Crippen LogP contribution in [-0.2, 0) is 13.0 Å². The van der Waals surface area contributed by atoms with Gasteiger partial charge in [-0.3, -0.25) is 10.1 Å². The molecule has 0 aliphatic carbocycles. The van der Waals surface area contributed by atoms with Crippen molar-refractivity contribution in [1.82, 2.24) is 14.5 Å². The molecule has 0 aliphatic rings. The monoisotopic (exact) mass is 458 g/mol. The van der Waals surface area contributed by atoms with Gasteiger partial charge >= 0.3 is 6.03 Å². The SMILES string of the molecule is CCCCc1nc2cc(NC(=O)Nc3ccccc3)c(C)nc2n1Cc1ccccc1[N+](=O)[O-]. The molecule has 9 nitrogen and oxygen atoms in total. The van der Waals surface area contributed by atoms with Crippen molar-refractivity contribution < 1.29 is 9.72 Å². The molecule has 0 aliphatic heterocycles. The topological polar surface area (TPSA) is 115 Å². The average molecular weight is 459 g/mol. The highest BCUT2D eigenvalue weighted by Crippen LogP contribution is 2.26. The summed E-state index contributed by atoms with van der Waals surface area (Å²) in [5.41, 5.74) is 3.79. The van der Waals surface area contributed by atoms with E-state index in [1.165, 1.54) is 6.07 Å². The van der Waals surface area contributed by atoms with Crippen LogP contribution in [0.1, 0.15) is 36.8 Å². The highest BCUT2D eigenvalue weighted by molar-refractivity contribution is 6.00. The number of aryl methyl sites for hydroxylation is 2. The van der Waals surface area contributed by atoms with E-state index in [-0.39, 0.29) is 16.6 Å². The number of benzene rings is 2. The molecular weight excluding hydrogens is 432 g/mol. The Hall–Kier alpha value is -4.27. The Labute approximate surface area is 197 Å². The minimum absolute atomic E-state index is 0.0679.